The van der Waals surface area contributed by atoms with Crippen molar-refractivity contribution in [2.45, 2.75) is 5.41 Å². The van der Waals surface area contributed by atoms with Gasteiger partial charge in [-0.05, 0) is 129 Å². The van der Waals surface area contributed by atoms with Crippen LogP contribution in [0.5, 0.6) is 0 Å². The van der Waals surface area contributed by atoms with Crippen LogP contribution < -0.4 is 4.90 Å². The van der Waals surface area contributed by atoms with Crippen molar-refractivity contribution in [1.29, 1.82) is 0 Å². The summed E-state index contributed by atoms with van der Waals surface area (Å²) in [6, 6.07) is 110. The highest BCUT2D eigenvalue weighted by Crippen LogP contribution is 2.57. The third-order valence-electron chi connectivity index (χ3n) is 15.6. The van der Waals surface area contributed by atoms with Crippen LogP contribution >= 0.6 is 0 Å². The molecule has 0 N–H and O–H groups in total. The van der Waals surface area contributed by atoms with Crippen LogP contribution in [-0.4, -0.2) is 0 Å². The molecule has 0 fully saturated rings. The van der Waals surface area contributed by atoms with Gasteiger partial charge < -0.3 is 4.90 Å². The van der Waals surface area contributed by atoms with E-state index < -0.39 is 5.41 Å². The van der Waals surface area contributed by atoms with Crippen LogP contribution in [0.1, 0.15) is 22.3 Å². The standard InChI is InChI=1S/C73H49N/c1-4-21-51(22-5-1)59-34-18-24-53-25-19-37-67(72(53)59)66-33-14-17-40-71(66)74(70-39-16-13-32-65(70)61-36-20-35-60-58-30-11-10-23-52(58)43-47-62(60)61)57-45-41-50(42-46-57)54-44-48-64-63-31-12-15-38-68(63)73(69(64)49-54,55-26-6-2-7-27-55)56-28-8-3-9-29-56/h1-49H. The van der Waals surface area contributed by atoms with Gasteiger partial charge in [0.05, 0.1) is 16.8 Å². The number of fused-ring (bicyclic) bond motifs is 7. The third kappa shape index (κ3) is 6.93. The van der Waals surface area contributed by atoms with Gasteiger partial charge in [0.1, 0.15) is 0 Å². The van der Waals surface area contributed by atoms with Gasteiger partial charge in [0, 0.05) is 16.8 Å². The molecule has 1 heteroatoms. The van der Waals surface area contributed by atoms with Crippen molar-refractivity contribution < 1.29 is 0 Å². The summed E-state index contributed by atoms with van der Waals surface area (Å²) in [5, 5.41) is 7.41. The summed E-state index contributed by atoms with van der Waals surface area (Å²) in [4.78, 5) is 2.49. The Labute approximate surface area is 432 Å². The molecule has 0 heterocycles. The Morgan fingerprint density at radius 1 is 0.243 bits per heavy atom. The highest BCUT2D eigenvalue weighted by Gasteiger charge is 2.46. The van der Waals surface area contributed by atoms with Gasteiger partial charge in [0.2, 0.25) is 0 Å². The molecular formula is C73H49N. The molecule has 1 aliphatic carbocycles. The molecule has 0 aromatic heterocycles. The summed E-state index contributed by atoms with van der Waals surface area (Å²) in [7, 11) is 0. The lowest BCUT2D eigenvalue weighted by Crippen LogP contribution is -2.28. The van der Waals surface area contributed by atoms with Gasteiger partial charge >= 0.3 is 0 Å². The van der Waals surface area contributed by atoms with Crippen molar-refractivity contribution in [2.24, 2.45) is 0 Å². The summed E-state index contributed by atoms with van der Waals surface area (Å²) in [6.45, 7) is 0. The Morgan fingerprint density at radius 3 is 1.46 bits per heavy atom. The van der Waals surface area contributed by atoms with E-state index in [0.717, 1.165) is 33.8 Å². The number of hydrogen-bond donors (Lipinski definition) is 0. The lowest BCUT2D eigenvalue weighted by Gasteiger charge is -2.34. The maximum absolute atomic E-state index is 2.49. The zero-order valence-corrected chi connectivity index (χ0v) is 40.7. The first-order valence-electron chi connectivity index (χ1n) is 25.7. The van der Waals surface area contributed by atoms with Crippen LogP contribution in [0.15, 0.2) is 297 Å². The number of anilines is 3. The zero-order chi connectivity index (χ0) is 49.0. The molecular weight excluding hydrogens is 891 g/mol. The smallest absolute Gasteiger partial charge is 0.0713 e. The Balaban J connectivity index is 0.972. The highest BCUT2D eigenvalue weighted by molar-refractivity contribution is 6.14. The van der Waals surface area contributed by atoms with Gasteiger partial charge in [0.15, 0.2) is 0 Å². The summed E-state index contributed by atoms with van der Waals surface area (Å²) < 4.78 is 0. The molecule has 0 aliphatic heterocycles. The molecule has 13 aromatic carbocycles. The van der Waals surface area contributed by atoms with E-state index in [4.69, 9.17) is 0 Å². The van der Waals surface area contributed by atoms with E-state index in [-0.39, 0.29) is 0 Å². The van der Waals surface area contributed by atoms with Gasteiger partial charge in [-0.15, -0.1) is 0 Å². The molecule has 0 bridgehead atoms. The minimum Gasteiger partial charge on any atom is -0.309 e. The first-order chi connectivity index (χ1) is 36.7. The molecule has 0 unspecified atom stereocenters. The van der Waals surface area contributed by atoms with Gasteiger partial charge in [-0.2, -0.15) is 0 Å². The van der Waals surface area contributed by atoms with Crippen LogP contribution in [0, 0.1) is 0 Å². The molecule has 0 atom stereocenters. The first kappa shape index (κ1) is 43.2. The molecule has 0 saturated heterocycles. The average Bonchev–Trinajstić information content (AvgIpc) is 3.78. The topological polar surface area (TPSA) is 3.24 Å². The fourth-order valence-corrected chi connectivity index (χ4v) is 12.3. The van der Waals surface area contributed by atoms with Crippen LogP contribution in [0.2, 0.25) is 0 Å². The van der Waals surface area contributed by atoms with Crippen molar-refractivity contribution >= 4 is 49.4 Å². The van der Waals surface area contributed by atoms with E-state index in [1.807, 2.05) is 0 Å². The predicted octanol–water partition coefficient (Wildman–Crippen LogP) is 19.6. The number of hydrogen-bond acceptors (Lipinski definition) is 1. The average molecular weight is 940 g/mol. The molecule has 13 aromatic rings. The van der Waals surface area contributed by atoms with Crippen LogP contribution in [-0.2, 0) is 5.41 Å². The Kier molecular flexibility index (Phi) is 10.5. The molecule has 0 amide bonds. The van der Waals surface area contributed by atoms with Crippen LogP contribution in [0.4, 0.5) is 17.1 Å². The van der Waals surface area contributed by atoms with E-state index in [0.29, 0.717) is 0 Å². The molecule has 0 radical (unpaired) electrons. The van der Waals surface area contributed by atoms with Crippen molar-refractivity contribution in [1.82, 2.24) is 0 Å². The van der Waals surface area contributed by atoms with E-state index in [1.54, 1.807) is 0 Å². The van der Waals surface area contributed by atoms with Crippen LogP contribution in [0.3, 0.4) is 0 Å². The highest BCUT2D eigenvalue weighted by atomic mass is 15.1. The maximum Gasteiger partial charge on any atom is 0.0713 e. The lowest BCUT2D eigenvalue weighted by molar-refractivity contribution is 0.769. The number of para-hydroxylation sites is 2. The molecule has 346 valence electrons. The first-order valence-corrected chi connectivity index (χ1v) is 25.7. The van der Waals surface area contributed by atoms with Crippen molar-refractivity contribution in [3.63, 3.8) is 0 Å². The van der Waals surface area contributed by atoms with Crippen molar-refractivity contribution in [2.75, 3.05) is 4.90 Å². The quantitative estimate of drug-likeness (QED) is 0.130. The molecule has 1 nitrogen and oxygen atoms in total. The van der Waals surface area contributed by atoms with Crippen molar-refractivity contribution in [3.8, 4) is 55.6 Å². The maximum atomic E-state index is 2.49. The molecule has 74 heavy (non-hydrogen) atoms. The van der Waals surface area contributed by atoms with Gasteiger partial charge in [-0.3, -0.25) is 0 Å². The zero-order valence-electron chi connectivity index (χ0n) is 40.7. The van der Waals surface area contributed by atoms with E-state index in [2.05, 4.69) is 302 Å². The number of rotatable bonds is 9. The molecule has 0 spiro atoms. The Hall–Kier alpha value is -9.56. The predicted molar refractivity (Wildman–Crippen MR) is 313 cm³/mol. The van der Waals surface area contributed by atoms with Crippen molar-refractivity contribution in [3.05, 3.63) is 320 Å². The van der Waals surface area contributed by atoms with Crippen LogP contribution in [0.25, 0.3) is 88.0 Å². The fourth-order valence-electron chi connectivity index (χ4n) is 12.3. The monoisotopic (exact) mass is 939 g/mol. The molecule has 0 saturated carbocycles. The summed E-state index contributed by atoms with van der Waals surface area (Å²) in [6.07, 6.45) is 0. The van der Waals surface area contributed by atoms with Gasteiger partial charge in [0.25, 0.3) is 0 Å². The summed E-state index contributed by atoms with van der Waals surface area (Å²) in [5.41, 5.74) is 19.9. The number of nitrogens with zero attached hydrogens (tertiary/aromatic N) is 1. The minimum absolute atomic E-state index is 0.482. The normalized spacial score (nSPS) is 12.4. The SMILES string of the molecule is c1ccc(-c2cccc3cccc(-c4ccccc4N(c4ccc(-c5ccc6c(c5)C(c5ccccc5)(c5ccccc5)c5ccccc5-6)cc4)c4ccccc4-c4cccc5c4ccc4ccccc45)c23)cc1. The lowest BCUT2D eigenvalue weighted by atomic mass is 9.67. The fraction of sp³-hybridized carbons (Fsp3) is 0.0137. The van der Waals surface area contributed by atoms with Gasteiger partial charge in [-0.25, -0.2) is 0 Å². The van der Waals surface area contributed by atoms with E-state index >= 15 is 0 Å². The Morgan fingerprint density at radius 2 is 0.743 bits per heavy atom. The summed E-state index contributed by atoms with van der Waals surface area (Å²) in [5.74, 6) is 0. The second-order valence-electron chi connectivity index (χ2n) is 19.5. The van der Waals surface area contributed by atoms with E-state index in [9.17, 15) is 0 Å². The Bertz CT molecular complexity index is 4190. The minimum atomic E-state index is -0.482. The van der Waals surface area contributed by atoms with Gasteiger partial charge in [-0.1, -0.05) is 267 Å². The number of benzene rings is 13. The van der Waals surface area contributed by atoms with E-state index in [1.165, 1.54) is 93.5 Å². The third-order valence-corrected chi connectivity index (χ3v) is 15.6. The summed E-state index contributed by atoms with van der Waals surface area (Å²) >= 11 is 0. The largest absolute Gasteiger partial charge is 0.309 e. The molecule has 14 rings (SSSR count). The second kappa shape index (κ2) is 17.9. The second-order valence-corrected chi connectivity index (χ2v) is 19.5. The molecule has 1 aliphatic rings.